The number of benzene rings is 1. The number of fused-ring (bicyclic) bond motifs is 1. The molecule has 0 aliphatic carbocycles. The van der Waals surface area contributed by atoms with Crippen molar-refractivity contribution in [2.24, 2.45) is 4.99 Å². The Balaban J connectivity index is 2.03. The molecule has 2 aromatic rings. The summed E-state index contributed by atoms with van der Waals surface area (Å²) in [5, 5.41) is 9.77. The fourth-order valence-corrected chi connectivity index (χ4v) is 2.40. The standard InChI is InChI=1S/C15H13NO3/c1-15(8-13-14(18)12(17)6-7-19-13)9-16-11-5-3-2-4-10(11)15/h2-7,9,18H,8H2,1H3. The molecule has 1 unspecified atom stereocenters. The van der Waals surface area contributed by atoms with Crippen LogP contribution in [0.1, 0.15) is 18.2 Å². The van der Waals surface area contributed by atoms with Gasteiger partial charge in [0.15, 0.2) is 5.76 Å². The first-order valence-electron chi connectivity index (χ1n) is 6.04. The van der Waals surface area contributed by atoms with E-state index < -0.39 is 5.43 Å². The van der Waals surface area contributed by atoms with Crippen LogP contribution in [-0.2, 0) is 11.8 Å². The highest BCUT2D eigenvalue weighted by Crippen LogP contribution is 2.39. The summed E-state index contributed by atoms with van der Waals surface area (Å²) in [6, 6.07) is 9.03. The third kappa shape index (κ3) is 1.85. The molecule has 0 saturated heterocycles. The average molecular weight is 255 g/mol. The zero-order valence-corrected chi connectivity index (χ0v) is 10.5. The first-order valence-corrected chi connectivity index (χ1v) is 6.04. The van der Waals surface area contributed by atoms with Gasteiger partial charge in [-0.15, -0.1) is 0 Å². The molecular weight excluding hydrogens is 242 g/mol. The van der Waals surface area contributed by atoms with E-state index in [0.29, 0.717) is 6.42 Å². The third-order valence-corrected chi connectivity index (χ3v) is 3.46. The predicted molar refractivity (Wildman–Crippen MR) is 72.3 cm³/mol. The fourth-order valence-electron chi connectivity index (χ4n) is 2.40. The minimum atomic E-state index is -0.423. The molecule has 3 rings (SSSR count). The molecule has 0 fully saturated rings. The van der Waals surface area contributed by atoms with Crippen LogP contribution in [0.3, 0.4) is 0 Å². The summed E-state index contributed by atoms with van der Waals surface area (Å²) in [5.74, 6) is -0.0281. The smallest absolute Gasteiger partial charge is 0.226 e. The van der Waals surface area contributed by atoms with Crippen molar-refractivity contribution in [3.63, 3.8) is 0 Å². The van der Waals surface area contributed by atoms with Gasteiger partial charge in [-0.25, -0.2) is 0 Å². The SMILES string of the molecule is CC1(Cc2occc(=O)c2O)C=Nc2ccccc21. The molecule has 2 heterocycles. The van der Waals surface area contributed by atoms with E-state index in [4.69, 9.17) is 4.42 Å². The largest absolute Gasteiger partial charge is 0.502 e. The molecule has 0 spiro atoms. The number of para-hydroxylation sites is 1. The van der Waals surface area contributed by atoms with E-state index in [1.807, 2.05) is 37.4 Å². The molecule has 1 aromatic heterocycles. The van der Waals surface area contributed by atoms with Crippen LogP contribution in [0.5, 0.6) is 5.75 Å². The van der Waals surface area contributed by atoms with Crippen LogP contribution in [0, 0.1) is 0 Å². The summed E-state index contributed by atoms with van der Waals surface area (Å²) in [7, 11) is 0. The lowest BCUT2D eigenvalue weighted by Crippen LogP contribution is -2.24. The molecule has 1 atom stereocenters. The molecule has 4 nitrogen and oxygen atoms in total. The molecule has 0 amide bonds. The second-order valence-corrected chi connectivity index (χ2v) is 4.93. The highest BCUT2D eigenvalue weighted by atomic mass is 16.4. The third-order valence-electron chi connectivity index (χ3n) is 3.46. The Hall–Kier alpha value is -2.36. The van der Waals surface area contributed by atoms with Crippen molar-refractivity contribution in [1.29, 1.82) is 0 Å². The number of aromatic hydroxyl groups is 1. The summed E-state index contributed by atoms with van der Waals surface area (Å²) in [5.41, 5.74) is 1.20. The van der Waals surface area contributed by atoms with Crippen LogP contribution >= 0.6 is 0 Å². The molecule has 1 aromatic carbocycles. The van der Waals surface area contributed by atoms with E-state index in [2.05, 4.69) is 4.99 Å². The van der Waals surface area contributed by atoms with Crippen molar-refractivity contribution in [3.05, 3.63) is 58.1 Å². The van der Waals surface area contributed by atoms with Crippen LogP contribution in [0.4, 0.5) is 5.69 Å². The van der Waals surface area contributed by atoms with Crippen molar-refractivity contribution in [2.45, 2.75) is 18.8 Å². The first kappa shape index (κ1) is 11.7. The number of nitrogens with zero attached hydrogens (tertiary/aromatic N) is 1. The van der Waals surface area contributed by atoms with Gasteiger partial charge in [0.1, 0.15) is 0 Å². The Labute approximate surface area is 110 Å². The van der Waals surface area contributed by atoms with Gasteiger partial charge in [-0.3, -0.25) is 9.79 Å². The normalized spacial score (nSPS) is 20.5. The van der Waals surface area contributed by atoms with Crippen LogP contribution in [0.15, 0.2) is 50.8 Å². The molecule has 1 aliphatic rings. The number of rotatable bonds is 2. The molecule has 1 N–H and O–H groups in total. The highest BCUT2D eigenvalue weighted by molar-refractivity contribution is 5.85. The van der Waals surface area contributed by atoms with E-state index in [-0.39, 0.29) is 16.9 Å². The molecule has 96 valence electrons. The lowest BCUT2D eigenvalue weighted by Gasteiger charge is -2.21. The van der Waals surface area contributed by atoms with E-state index >= 15 is 0 Å². The van der Waals surface area contributed by atoms with Gasteiger partial charge >= 0.3 is 0 Å². The molecule has 4 heteroatoms. The Kier molecular flexibility index (Phi) is 2.52. The molecule has 0 radical (unpaired) electrons. The summed E-state index contributed by atoms with van der Waals surface area (Å²) in [6.07, 6.45) is 3.54. The van der Waals surface area contributed by atoms with Crippen molar-refractivity contribution in [2.75, 3.05) is 0 Å². The van der Waals surface area contributed by atoms with Gasteiger partial charge in [0.2, 0.25) is 11.2 Å². The van der Waals surface area contributed by atoms with Gasteiger partial charge in [0.05, 0.1) is 12.0 Å². The molecular formula is C15H13NO3. The first-order chi connectivity index (χ1) is 9.10. The van der Waals surface area contributed by atoms with Crippen LogP contribution < -0.4 is 5.43 Å². The van der Waals surface area contributed by atoms with Gasteiger partial charge in [0, 0.05) is 24.1 Å². The topological polar surface area (TPSA) is 62.8 Å². The second kappa shape index (κ2) is 4.09. The number of hydrogen-bond acceptors (Lipinski definition) is 4. The summed E-state index contributed by atoms with van der Waals surface area (Å²) in [6.45, 7) is 2.01. The fraction of sp³-hybridized carbons (Fsp3) is 0.200. The van der Waals surface area contributed by atoms with E-state index in [9.17, 15) is 9.90 Å². The molecule has 0 saturated carbocycles. The van der Waals surface area contributed by atoms with E-state index in [1.54, 1.807) is 0 Å². The lowest BCUT2D eigenvalue weighted by atomic mass is 9.80. The average Bonchev–Trinajstić information content (AvgIpc) is 2.74. The Morgan fingerprint density at radius 3 is 2.95 bits per heavy atom. The summed E-state index contributed by atoms with van der Waals surface area (Å²) in [4.78, 5) is 15.8. The van der Waals surface area contributed by atoms with Crippen LogP contribution in [0.25, 0.3) is 0 Å². The maximum atomic E-state index is 11.4. The van der Waals surface area contributed by atoms with Crippen molar-refractivity contribution < 1.29 is 9.52 Å². The van der Waals surface area contributed by atoms with Crippen LogP contribution in [0.2, 0.25) is 0 Å². The van der Waals surface area contributed by atoms with Crippen molar-refractivity contribution >= 4 is 11.9 Å². The molecule has 0 bridgehead atoms. The Bertz CT molecular complexity index is 717. The second-order valence-electron chi connectivity index (χ2n) is 4.93. The van der Waals surface area contributed by atoms with Gasteiger partial charge in [-0.05, 0) is 18.6 Å². The maximum absolute atomic E-state index is 11.4. The van der Waals surface area contributed by atoms with E-state index in [0.717, 1.165) is 11.3 Å². The van der Waals surface area contributed by atoms with Gasteiger partial charge in [-0.1, -0.05) is 18.2 Å². The number of hydrogen-bond donors (Lipinski definition) is 1. The minimum Gasteiger partial charge on any atom is -0.502 e. The van der Waals surface area contributed by atoms with Crippen LogP contribution in [-0.4, -0.2) is 11.3 Å². The van der Waals surface area contributed by atoms with Gasteiger partial charge < -0.3 is 9.52 Å². The van der Waals surface area contributed by atoms with Crippen molar-refractivity contribution in [1.82, 2.24) is 0 Å². The lowest BCUT2D eigenvalue weighted by molar-refractivity contribution is 0.385. The number of aliphatic imine (C=N–C) groups is 1. The monoisotopic (exact) mass is 255 g/mol. The van der Waals surface area contributed by atoms with Gasteiger partial charge in [0.25, 0.3) is 0 Å². The van der Waals surface area contributed by atoms with E-state index in [1.165, 1.54) is 12.3 Å². The quantitative estimate of drug-likeness (QED) is 0.897. The minimum absolute atomic E-state index is 0.290. The van der Waals surface area contributed by atoms with Crippen molar-refractivity contribution in [3.8, 4) is 5.75 Å². The zero-order chi connectivity index (χ0) is 13.5. The Morgan fingerprint density at radius 1 is 1.32 bits per heavy atom. The predicted octanol–water partition coefficient (Wildman–Crippen LogP) is 2.56. The molecule has 1 aliphatic heterocycles. The Morgan fingerprint density at radius 2 is 2.11 bits per heavy atom. The zero-order valence-electron chi connectivity index (χ0n) is 10.5. The summed E-state index contributed by atoms with van der Waals surface area (Å²) < 4.78 is 5.27. The highest BCUT2D eigenvalue weighted by Gasteiger charge is 2.33. The molecule has 19 heavy (non-hydrogen) atoms. The van der Waals surface area contributed by atoms with Gasteiger partial charge in [-0.2, -0.15) is 0 Å². The maximum Gasteiger partial charge on any atom is 0.226 e. The summed E-state index contributed by atoms with van der Waals surface area (Å²) >= 11 is 0.